The third-order valence-electron chi connectivity index (χ3n) is 3.96. The van der Waals surface area contributed by atoms with E-state index in [-0.39, 0.29) is 18.4 Å². The Morgan fingerprint density at radius 1 is 1.50 bits per heavy atom. The van der Waals surface area contributed by atoms with E-state index < -0.39 is 12.1 Å². The largest absolute Gasteiger partial charge is 0.352 e. The summed E-state index contributed by atoms with van der Waals surface area (Å²) in [5.74, 6) is 0.0363. The number of rotatable bonds is 4. The monoisotopic (exact) mass is 304 g/mol. The van der Waals surface area contributed by atoms with Crippen molar-refractivity contribution in [2.24, 2.45) is 5.73 Å². The highest BCUT2D eigenvalue weighted by Gasteiger charge is 2.26. The van der Waals surface area contributed by atoms with Gasteiger partial charge in [-0.25, -0.2) is 4.79 Å². The Morgan fingerprint density at radius 2 is 2.27 bits per heavy atom. The number of aryl methyl sites for hydroxylation is 1. The van der Waals surface area contributed by atoms with Crippen molar-refractivity contribution in [1.82, 2.24) is 15.5 Å². The summed E-state index contributed by atoms with van der Waals surface area (Å²) in [5, 5.41) is 5.94. The van der Waals surface area contributed by atoms with Crippen molar-refractivity contribution in [2.75, 3.05) is 19.6 Å². The summed E-state index contributed by atoms with van der Waals surface area (Å²) >= 11 is 0. The fourth-order valence-corrected chi connectivity index (χ4v) is 2.81. The molecule has 120 valence electrons. The molecule has 22 heavy (non-hydrogen) atoms. The average Bonchev–Trinajstić information content (AvgIpc) is 2.46. The summed E-state index contributed by atoms with van der Waals surface area (Å²) < 4.78 is 0. The van der Waals surface area contributed by atoms with Crippen molar-refractivity contribution >= 4 is 11.9 Å². The van der Waals surface area contributed by atoms with Crippen LogP contribution in [0.4, 0.5) is 4.79 Å². The predicted molar refractivity (Wildman–Crippen MR) is 85.3 cm³/mol. The molecule has 0 aliphatic carbocycles. The summed E-state index contributed by atoms with van der Waals surface area (Å²) in [6.45, 7) is 6.29. The molecule has 3 amide bonds. The van der Waals surface area contributed by atoms with Gasteiger partial charge in [-0.15, -0.1) is 0 Å². The molecule has 1 saturated heterocycles. The van der Waals surface area contributed by atoms with Crippen LogP contribution in [0.1, 0.15) is 30.5 Å². The average molecular weight is 304 g/mol. The molecule has 6 nitrogen and oxygen atoms in total. The van der Waals surface area contributed by atoms with Crippen LogP contribution in [0, 0.1) is 6.92 Å². The van der Waals surface area contributed by atoms with Gasteiger partial charge in [0.2, 0.25) is 5.91 Å². The number of primary amides is 1. The van der Waals surface area contributed by atoms with Crippen molar-refractivity contribution in [3.63, 3.8) is 0 Å². The topological polar surface area (TPSA) is 87.5 Å². The number of nitrogens with one attached hydrogen (secondary N) is 2. The minimum absolute atomic E-state index is 0.0363. The van der Waals surface area contributed by atoms with Crippen LogP contribution in [0.25, 0.3) is 0 Å². The van der Waals surface area contributed by atoms with E-state index in [9.17, 15) is 9.59 Å². The second kappa shape index (κ2) is 7.26. The van der Waals surface area contributed by atoms with Gasteiger partial charge in [-0.3, -0.25) is 4.79 Å². The Kier molecular flexibility index (Phi) is 5.38. The first-order valence-electron chi connectivity index (χ1n) is 7.60. The Morgan fingerprint density at radius 3 is 2.91 bits per heavy atom. The molecule has 6 heteroatoms. The third-order valence-corrected chi connectivity index (χ3v) is 3.96. The van der Waals surface area contributed by atoms with Gasteiger partial charge in [-0.1, -0.05) is 29.8 Å². The van der Waals surface area contributed by atoms with Crippen LogP contribution in [0.2, 0.25) is 0 Å². The number of carbonyl (C=O) groups excluding carboxylic acids is 2. The van der Waals surface area contributed by atoms with E-state index in [1.807, 2.05) is 43.0 Å². The van der Waals surface area contributed by atoms with Gasteiger partial charge in [0.15, 0.2) is 0 Å². The minimum Gasteiger partial charge on any atom is -0.352 e. The van der Waals surface area contributed by atoms with E-state index in [1.165, 1.54) is 0 Å². The molecule has 4 N–H and O–H groups in total. The van der Waals surface area contributed by atoms with Crippen molar-refractivity contribution < 1.29 is 9.59 Å². The van der Waals surface area contributed by atoms with Gasteiger partial charge < -0.3 is 21.3 Å². The molecule has 1 aliphatic heterocycles. The summed E-state index contributed by atoms with van der Waals surface area (Å²) in [6.07, 6.45) is 0.219. The highest BCUT2D eigenvalue weighted by molar-refractivity contribution is 5.79. The highest BCUT2D eigenvalue weighted by atomic mass is 16.2. The quantitative estimate of drug-likeness (QED) is 0.773. The molecule has 2 rings (SSSR count). The number of carbonyl (C=O) groups is 2. The third kappa shape index (κ3) is 4.21. The Bertz CT molecular complexity index is 547. The number of nitrogens with zero attached hydrogens (tertiary/aromatic N) is 1. The van der Waals surface area contributed by atoms with Gasteiger partial charge in [0.05, 0.1) is 12.5 Å². The molecule has 2 atom stereocenters. The SMILES string of the molecule is Cc1cccc(C(CC(=O)N2CCNCC2C)NC(N)=O)c1. The van der Waals surface area contributed by atoms with Gasteiger partial charge >= 0.3 is 6.03 Å². The van der Waals surface area contributed by atoms with Gasteiger partial charge in [0.1, 0.15) is 0 Å². The standard InChI is InChI=1S/C16H24N4O2/c1-11-4-3-5-13(8-11)14(19-16(17)22)9-15(21)20-7-6-18-10-12(20)2/h3-5,8,12,14,18H,6-7,9-10H2,1-2H3,(H3,17,19,22). The molecule has 0 spiro atoms. The van der Waals surface area contributed by atoms with Crippen LogP contribution in [0.5, 0.6) is 0 Å². The van der Waals surface area contributed by atoms with Gasteiger partial charge in [-0.2, -0.15) is 0 Å². The molecular formula is C16H24N4O2. The lowest BCUT2D eigenvalue weighted by atomic mass is 10.0. The number of nitrogens with two attached hydrogens (primary N) is 1. The van der Waals surface area contributed by atoms with Gasteiger partial charge in [0, 0.05) is 25.7 Å². The normalized spacial score (nSPS) is 19.5. The summed E-state index contributed by atoms with van der Waals surface area (Å²) in [7, 11) is 0. The van der Waals surface area contributed by atoms with Crippen LogP contribution in [-0.2, 0) is 4.79 Å². The second-order valence-electron chi connectivity index (χ2n) is 5.82. The first-order chi connectivity index (χ1) is 10.5. The number of piperazine rings is 1. The van der Waals surface area contributed by atoms with Crippen LogP contribution < -0.4 is 16.4 Å². The first-order valence-corrected chi connectivity index (χ1v) is 7.60. The van der Waals surface area contributed by atoms with E-state index in [2.05, 4.69) is 10.6 Å². The summed E-state index contributed by atoms with van der Waals surface area (Å²) in [4.78, 5) is 25.7. The number of benzene rings is 1. The number of hydrogen-bond acceptors (Lipinski definition) is 3. The molecule has 0 radical (unpaired) electrons. The maximum Gasteiger partial charge on any atom is 0.312 e. The maximum absolute atomic E-state index is 12.6. The molecule has 1 aromatic carbocycles. The molecule has 0 bridgehead atoms. The molecular weight excluding hydrogens is 280 g/mol. The van der Waals surface area contributed by atoms with E-state index in [0.29, 0.717) is 6.54 Å². The Balaban J connectivity index is 2.12. The lowest BCUT2D eigenvalue weighted by molar-refractivity contribution is -0.134. The fourth-order valence-electron chi connectivity index (χ4n) is 2.81. The molecule has 1 fully saturated rings. The van der Waals surface area contributed by atoms with Crippen molar-refractivity contribution in [2.45, 2.75) is 32.4 Å². The van der Waals surface area contributed by atoms with E-state index in [1.54, 1.807) is 0 Å². The summed E-state index contributed by atoms with van der Waals surface area (Å²) in [5.41, 5.74) is 7.24. The number of amides is 3. The Hall–Kier alpha value is -2.08. The van der Waals surface area contributed by atoms with Crippen LogP contribution in [0.3, 0.4) is 0 Å². The lowest BCUT2D eigenvalue weighted by Crippen LogP contribution is -2.53. The van der Waals surface area contributed by atoms with E-state index >= 15 is 0 Å². The fraction of sp³-hybridized carbons (Fsp3) is 0.500. The van der Waals surface area contributed by atoms with E-state index in [0.717, 1.165) is 24.2 Å². The van der Waals surface area contributed by atoms with Crippen LogP contribution in [0.15, 0.2) is 24.3 Å². The zero-order valence-corrected chi connectivity index (χ0v) is 13.1. The molecule has 0 saturated carbocycles. The first kappa shape index (κ1) is 16.3. The van der Waals surface area contributed by atoms with Gasteiger partial charge in [0.25, 0.3) is 0 Å². The zero-order chi connectivity index (χ0) is 16.1. The molecule has 1 aliphatic rings. The maximum atomic E-state index is 12.6. The molecule has 0 aromatic heterocycles. The molecule has 1 heterocycles. The smallest absolute Gasteiger partial charge is 0.312 e. The Labute approximate surface area is 131 Å². The van der Waals surface area contributed by atoms with Crippen molar-refractivity contribution in [1.29, 1.82) is 0 Å². The van der Waals surface area contributed by atoms with Crippen LogP contribution in [-0.4, -0.2) is 42.5 Å². The molecule has 1 aromatic rings. The van der Waals surface area contributed by atoms with Crippen molar-refractivity contribution in [3.05, 3.63) is 35.4 Å². The summed E-state index contributed by atoms with van der Waals surface area (Å²) in [6, 6.07) is 6.91. The minimum atomic E-state index is -0.618. The van der Waals surface area contributed by atoms with E-state index in [4.69, 9.17) is 5.73 Å². The lowest BCUT2D eigenvalue weighted by Gasteiger charge is -2.35. The van der Waals surface area contributed by atoms with Gasteiger partial charge in [-0.05, 0) is 19.4 Å². The predicted octanol–water partition coefficient (Wildman–Crippen LogP) is 0.915. The molecule has 2 unspecified atom stereocenters. The van der Waals surface area contributed by atoms with Crippen LogP contribution >= 0.6 is 0 Å². The highest BCUT2D eigenvalue weighted by Crippen LogP contribution is 2.20. The van der Waals surface area contributed by atoms with Crippen molar-refractivity contribution in [3.8, 4) is 0 Å². The second-order valence-corrected chi connectivity index (χ2v) is 5.82. The zero-order valence-electron chi connectivity index (χ0n) is 13.1. The number of urea groups is 1. The number of hydrogen-bond donors (Lipinski definition) is 3.